The average molecular weight is 265 g/mol. The standard InChI is InChI=1S/C15H27N3O/c1-2-16-15(18-14-5-3-4-6-14)17-10-7-13-8-11-19-12-9-13/h8,14H,2-7,9-12H2,1H3,(H2,16,17,18). The van der Waals surface area contributed by atoms with Gasteiger partial charge in [0.15, 0.2) is 5.96 Å². The molecule has 1 aliphatic heterocycles. The Morgan fingerprint density at radius 1 is 1.42 bits per heavy atom. The molecule has 19 heavy (non-hydrogen) atoms. The first-order chi connectivity index (χ1) is 9.38. The van der Waals surface area contributed by atoms with Crippen LogP contribution in [0.25, 0.3) is 0 Å². The molecule has 0 saturated heterocycles. The van der Waals surface area contributed by atoms with Gasteiger partial charge in [-0.05, 0) is 32.6 Å². The lowest BCUT2D eigenvalue weighted by atomic mass is 10.1. The highest BCUT2D eigenvalue weighted by atomic mass is 16.5. The smallest absolute Gasteiger partial charge is 0.191 e. The maximum atomic E-state index is 5.32. The maximum absolute atomic E-state index is 5.32. The van der Waals surface area contributed by atoms with Crippen molar-refractivity contribution in [3.8, 4) is 0 Å². The average Bonchev–Trinajstić information content (AvgIpc) is 2.93. The van der Waals surface area contributed by atoms with Gasteiger partial charge in [0.2, 0.25) is 0 Å². The van der Waals surface area contributed by atoms with Gasteiger partial charge in [0.25, 0.3) is 0 Å². The third-order valence-corrected chi connectivity index (χ3v) is 3.80. The Bertz CT molecular complexity index is 319. The molecule has 108 valence electrons. The Hall–Kier alpha value is -1.03. The van der Waals surface area contributed by atoms with Crippen molar-refractivity contribution in [1.82, 2.24) is 10.6 Å². The van der Waals surface area contributed by atoms with Crippen molar-refractivity contribution in [2.45, 2.75) is 51.5 Å². The zero-order valence-corrected chi connectivity index (χ0v) is 12.1. The number of hydrogen-bond donors (Lipinski definition) is 2. The van der Waals surface area contributed by atoms with E-state index >= 15 is 0 Å². The van der Waals surface area contributed by atoms with Gasteiger partial charge in [0.1, 0.15) is 0 Å². The number of aliphatic imine (C=N–C) groups is 1. The van der Waals surface area contributed by atoms with Gasteiger partial charge in [-0.3, -0.25) is 4.99 Å². The van der Waals surface area contributed by atoms with E-state index in [4.69, 9.17) is 4.74 Å². The molecule has 4 heteroatoms. The molecular formula is C15H27N3O. The molecule has 0 spiro atoms. The highest BCUT2D eigenvalue weighted by Crippen LogP contribution is 2.17. The van der Waals surface area contributed by atoms with Crippen LogP contribution in [0.15, 0.2) is 16.6 Å². The Labute approximate surface area is 116 Å². The van der Waals surface area contributed by atoms with Gasteiger partial charge in [-0.25, -0.2) is 0 Å². The molecule has 0 atom stereocenters. The molecule has 1 fully saturated rings. The number of ether oxygens (including phenoxy) is 1. The lowest BCUT2D eigenvalue weighted by Crippen LogP contribution is -2.42. The van der Waals surface area contributed by atoms with E-state index in [-0.39, 0.29) is 0 Å². The zero-order valence-electron chi connectivity index (χ0n) is 12.1. The number of rotatable bonds is 5. The van der Waals surface area contributed by atoms with E-state index in [1.165, 1.54) is 31.3 Å². The highest BCUT2D eigenvalue weighted by Gasteiger charge is 2.15. The van der Waals surface area contributed by atoms with Crippen LogP contribution < -0.4 is 10.6 Å². The molecule has 2 rings (SSSR count). The van der Waals surface area contributed by atoms with Gasteiger partial charge in [-0.1, -0.05) is 24.5 Å². The van der Waals surface area contributed by atoms with Gasteiger partial charge in [0, 0.05) is 19.1 Å². The summed E-state index contributed by atoms with van der Waals surface area (Å²) in [6.45, 7) is 5.56. The lowest BCUT2D eigenvalue weighted by Gasteiger charge is -2.17. The minimum Gasteiger partial charge on any atom is -0.377 e. The van der Waals surface area contributed by atoms with Crippen molar-refractivity contribution < 1.29 is 4.74 Å². The van der Waals surface area contributed by atoms with Crippen LogP contribution in [0, 0.1) is 0 Å². The van der Waals surface area contributed by atoms with E-state index in [1.807, 2.05) is 0 Å². The quantitative estimate of drug-likeness (QED) is 0.455. The normalized spacial score (nSPS) is 21.3. The molecule has 2 N–H and O–H groups in total. The zero-order chi connectivity index (χ0) is 13.3. The number of nitrogens with zero attached hydrogens (tertiary/aromatic N) is 1. The monoisotopic (exact) mass is 265 g/mol. The van der Waals surface area contributed by atoms with E-state index < -0.39 is 0 Å². The predicted octanol–water partition coefficient (Wildman–Crippen LogP) is 2.22. The molecule has 0 unspecified atom stereocenters. The van der Waals surface area contributed by atoms with Crippen LogP contribution in [0.5, 0.6) is 0 Å². The second-order valence-electron chi connectivity index (χ2n) is 5.32. The van der Waals surface area contributed by atoms with Crippen LogP contribution in [-0.2, 0) is 4.74 Å². The van der Waals surface area contributed by atoms with Gasteiger partial charge < -0.3 is 15.4 Å². The van der Waals surface area contributed by atoms with Gasteiger partial charge in [-0.2, -0.15) is 0 Å². The molecule has 1 heterocycles. The first kappa shape index (κ1) is 14.4. The number of nitrogens with one attached hydrogen (secondary N) is 2. The molecular weight excluding hydrogens is 238 g/mol. The molecule has 0 aromatic heterocycles. The van der Waals surface area contributed by atoms with Crippen molar-refractivity contribution in [2.75, 3.05) is 26.3 Å². The first-order valence-corrected chi connectivity index (χ1v) is 7.69. The van der Waals surface area contributed by atoms with Crippen molar-refractivity contribution in [3.63, 3.8) is 0 Å². The Kier molecular flexibility index (Phi) is 6.21. The van der Waals surface area contributed by atoms with Crippen molar-refractivity contribution in [2.24, 2.45) is 4.99 Å². The van der Waals surface area contributed by atoms with Crippen LogP contribution in [-0.4, -0.2) is 38.3 Å². The summed E-state index contributed by atoms with van der Waals surface area (Å²) in [6.07, 6.45) is 9.61. The Balaban J connectivity index is 1.76. The summed E-state index contributed by atoms with van der Waals surface area (Å²) in [6, 6.07) is 0.625. The van der Waals surface area contributed by atoms with E-state index in [2.05, 4.69) is 28.6 Å². The van der Waals surface area contributed by atoms with Crippen molar-refractivity contribution >= 4 is 5.96 Å². The van der Waals surface area contributed by atoms with Crippen LogP contribution >= 0.6 is 0 Å². The van der Waals surface area contributed by atoms with Gasteiger partial charge in [0.05, 0.1) is 13.2 Å². The van der Waals surface area contributed by atoms with E-state index in [9.17, 15) is 0 Å². The van der Waals surface area contributed by atoms with Crippen LogP contribution in [0.2, 0.25) is 0 Å². The van der Waals surface area contributed by atoms with E-state index in [0.717, 1.165) is 45.1 Å². The Morgan fingerprint density at radius 3 is 2.95 bits per heavy atom. The lowest BCUT2D eigenvalue weighted by molar-refractivity contribution is 0.153. The maximum Gasteiger partial charge on any atom is 0.191 e. The highest BCUT2D eigenvalue weighted by molar-refractivity contribution is 5.80. The second-order valence-corrected chi connectivity index (χ2v) is 5.32. The molecule has 4 nitrogen and oxygen atoms in total. The third-order valence-electron chi connectivity index (χ3n) is 3.80. The summed E-state index contributed by atoms with van der Waals surface area (Å²) >= 11 is 0. The van der Waals surface area contributed by atoms with E-state index in [1.54, 1.807) is 0 Å². The first-order valence-electron chi connectivity index (χ1n) is 7.69. The fraction of sp³-hybridized carbons (Fsp3) is 0.800. The van der Waals surface area contributed by atoms with Gasteiger partial charge >= 0.3 is 0 Å². The summed E-state index contributed by atoms with van der Waals surface area (Å²) in [5.74, 6) is 0.988. The summed E-state index contributed by atoms with van der Waals surface area (Å²) < 4.78 is 5.32. The Morgan fingerprint density at radius 2 is 2.26 bits per heavy atom. The van der Waals surface area contributed by atoms with Crippen LogP contribution in [0.3, 0.4) is 0 Å². The number of hydrogen-bond acceptors (Lipinski definition) is 2. The van der Waals surface area contributed by atoms with Gasteiger partial charge in [-0.15, -0.1) is 0 Å². The predicted molar refractivity (Wildman–Crippen MR) is 79.5 cm³/mol. The molecule has 0 radical (unpaired) electrons. The second kappa shape index (κ2) is 8.20. The third kappa shape index (κ3) is 5.23. The van der Waals surface area contributed by atoms with Crippen molar-refractivity contribution in [1.29, 1.82) is 0 Å². The number of guanidine groups is 1. The molecule has 0 bridgehead atoms. The van der Waals surface area contributed by atoms with Crippen LogP contribution in [0.4, 0.5) is 0 Å². The SMILES string of the molecule is CCNC(=NCCC1=CCOCC1)NC1CCCC1. The minimum absolute atomic E-state index is 0.625. The molecule has 0 amide bonds. The van der Waals surface area contributed by atoms with E-state index in [0.29, 0.717) is 6.04 Å². The largest absolute Gasteiger partial charge is 0.377 e. The fourth-order valence-electron chi connectivity index (χ4n) is 2.69. The molecule has 0 aromatic rings. The molecule has 2 aliphatic rings. The molecule has 1 aliphatic carbocycles. The summed E-state index contributed by atoms with van der Waals surface area (Å²) in [7, 11) is 0. The summed E-state index contributed by atoms with van der Waals surface area (Å²) in [5.41, 5.74) is 1.49. The fourth-order valence-corrected chi connectivity index (χ4v) is 2.69. The van der Waals surface area contributed by atoms with Crippen LogP contribution in [0.1, 0.15) is 45.4 Å². The molecule has 0 aromatic carbocycles. The minimum atomic E-state index is 0.625. The topological polar surface area (TPSA) is 45.7 Å². The summed E-state index contributed by atoms with van der Waals surface area (Å²) in [4.78, 5) is 4.68. The van der Waals surface area contributed by atoms with Crippen molar-refractivity contribution in [3.05, 3.63) is 11.6 Å². The molecule has 1 saturated carbocycles. The summed E-state index contributed by atoms with van der Waals surface area (Å²) in [5, 5.41) is 6.89.